The Morgan fingerprint density at radius 1 is 1.18 bits per heavy atom. The number of nitrogens with zero attached hydrogens (tertiary/aromatic N) is 1. The third-order valence-electron chi connectivity index (χ3n) is 1.88. The van der Waals surface area contributed by atoms with Crippen molar-refractivity contribution in [1.29, 1.82) is 0 Å². The third kappa shape index (κ3) is 2.59. The fourth-order valence-corrected chi connectivity index (χ4v) is 2.17. The summed E-state index contributed by atoms with van der Waals surface area (Å²) in [6.45, 7) is 0. The van der Waals surface area contributed by atoms with Crippen LogP contribution in [0.15, 0.2) is 35.5 Å². The van der Waals surface area contributed by atoms with E-state index < -0.39 is 21.7 Å². The molecule has 1 aromatic carbocycles. The van der Waals surface area contributed by atoms with Crippen LogP contribution in [0.25, 0.3) is 0 Å². The van der Waals surface area contributed by atoms with E-state index in [0.717, 1.165) is 12.1 Å². The second-order valence-electron chi connectivity index (χ2n) is 3.18. The summed E-state index contributed by atoms with van der Waals surface area (Å²) in [6, 6.07) is 3.61. The number of anilines is 1. The van der Waals surface area contributed by atoms with Crippen LogP contribution in [0.5, 0.6) is 0 Å². The molecule has 0 radical (unpaired) electrons. The minimum absolute atomic E-state index is 0.192. The first-order chi connectivity index (χ1) is 7.97. The first kappa shape index (κ1) is 11.5. The van der Waals surface area contributed by atoms with Crippen LogP contribution in [0.2, 0.25) is 0 Å². The summed E-state index contributed by atoms with van der Waals surface area (Å²) in [5, 5.41) is 5.52. The number of aromatic nitrogens is 2. The highest BCUT2D eigenvalue weighted by molar-refractivity contribution is 7.92. The van der Waals surface area contributed by atoms with Gasteiger partial charge >= 0.3 is 0 Å². The largest absolute Gasteiger partial charge is 0.278 e. The van der Waals surface area contributed by atoms with E-state index in [1.165, 1.54) is 12.3 Å². The maximum absolute atomic E-state index is 12.9. The summed E-state index contributed by atoms with van der Waals surface area (Å²) in [6.07, 6.45) is 1.25. The number of aromatic amines is 1. The lowest BCUT2D eigenvalue weighted by atomic mass is 10.3. The Balaban J connectivity index is 2.33. The third-order valence-corrected chi connectivity index (χ3v) is 3.19. The molecule has 0 fully saturated rings. The van der Waals surface area contributed by atoms with Crippen molar-refractivity contribution in [2.45, 2.75) is 5.03 Å². The monoisotopic (exact) mass is 259 g/mol. The van der Waals surface area contributed by atoms with Crippen molar-refractivity contribution in [3.63, 3.8) is 0 Å². The number of hydrogen-bond donors (Lipinski definition) is 2. The number of halogens is 2. The predicted octanol–water partition coefficient (Wildman–Crippen LogP) is 1.49. The molecular weight excluding hydrogens is 252 g/mol. The first-order valence-electron chi connectivity index (χ1n) is 4.46. The van der Waals surface area contributed by atoms with Crippen molar-refractivity contribution in [1.82, 2.24) is 10.2 Å². The van der Waals surface area contributed by atoms with E-state index in [9.17, 15) is 17.2 Å². The van der Waals surface area contributed by atoms with Gasteiger partial charge in [0.1, 0.15) is 11.6 Å². The zero-order chi connectivity index (χ0) is 12.5. The van der Waals surface area contributed by atoms with E-state index in [0.29, 0.717) is 6.07 Å². The molecule has 2 aromatic rings. The molecule has 5 nitrogen and oxygen atoms in total. The van der Waals surface area contributed by atoms with Gasteiger partial charge in [-0.3, -0.25) is 9.82 Å². The van der Waals surface area contributed by atoms with Crippen LogP contribution in [0, 0.1) is 11.6 Å². The van der Waals surface area contributed by atoms with Gasteiger partial charge in [0.15, 0.2) is 5.03 Å². The fraction of sp³-hybridized carbons (Fsp3) is 0. The second-order valence-corrected chi connectivity index (χ2v) is 4.84. The average Bonchev–Trinajstić information content (AvgIpc) is 2.67. The molecule has 0 aliphatic carbocycles. The van der Waals surface area contributed by atoms with Gasteiger partial charge in [0.25, 0.3) is 10.0 Å². The number of rotatable bonds is 3. The summed E-state index contributed by atoms with van der Waals surface area (Å²) in [5.74, 6) is -1.74. The van der Waals surface area contributed by atoms with Gasteiger partial charge in [-0.05, 0) is 18.2 Å². The lowest BCUT2D eigenvalue weighted by molar-refractivity contribution is 0.584. The molecule has 0 spiro atoms. The highest BCUT2D eigenvalue weighted by Gasteiger charge is 2.16. The number of nitrogens with one attached hydrogen (secondary N) is 2. The van der Waals surface area contributed by atoms with Crippen LogP contribution in [-0.4, -0.2) is 18.6 Å². The smallest absolute Gasteiger partial charge is 0.278 e. The molecule has 0 bridgehead atoms. The second kappa shape index (κ2) is 4.13. The molecule has 0 saturated heterocycles. The molecule has 90 valence electrons. The summed E-state index contributed by atoms with van der Waals surface area (Å²) >= 11 is 0. The Morgan fingerprint density at radius 3 is 2.35 bits per heavy atom. The van der Waals surface area contributed by atoms with Crippen molar-refractivity contribution in [2.75, 3.05) is 4.72 Å². The topological polar surface area (TPSA) is 74.8 Å². The summed E-state index contributed by atoms with van der Waals surface area (Å²) in [4.78, 5) is 0. The average molecular weight is 259 g/mol. The minimum Gasteiger partial charge on any atom is -0.278 e. The molecular formula is C9H7F2N3O2S. The molecule has 17 heavy (non-hydrogen) atoms. The predicted molar refractivity (Wildman–Crippen MR) is 55.8 cm³/mol. The molecule has 0 atom stereocenters. The molecule has 2 N–H and O–H groups in total. The normalized spacial score (nSPS) is 11.4. The van der Waals surface area contributed by atoms with Crippen molar-refractivity contribution in [3.05, 3.63) is 42.1 Å². The summed E-state index contributed by atoms with van der Waals surface area (Å²) in [5.41, 5.74) is -0.197. The molecule has 0 saturated carbocycles. The maximum atomic E-state index is 12.9. The van der Waals surface area contributed by atoms with E-state index in [-0.39, 0.29) is 10.7 Å². The summed E-state index contributed by atoms with van der Waals surface area (Å²) in [7, 11) is -3.90. The van der Waals surface area contributed by atoms with Crippen molar-refractivity contribution in [2.24, 2.45) is 0 Å². The van der Waals surface area contributed by atoms with E-state index in [1.54, 1.807) is 0 Å². The van der Waals surface area contributed by atoms with Gasteiger partial charge in [-0.25, -0.2) is 8.78 Å². The van der Waals surface area contributed by atoms with E-state index in [2.05, 4.69) is 10.2 Å². The zero-order valence-corrected chi connectivity index (χ0v) is 9.13. The van der Waals surface area contributed by atoms with Crippen LogP contribution in [0.1, 0.15) is 0 Å². The van der Waals surface area contributed by atoms with Crippen molar-refractivity contribution < 1.29 is 17.2 Å². The number of hydrogen-bond acceptors (Lipinski definition) is 3. The molecule has 0 aliphatic rings. The lowest BCUT2D eigenvalue weighted by Gasteiger charge is -2.06. The summed E-state index contributed by atoms with van der Waals surface area (Å²) < 4.78 is 51.0. The Morgan fingerprint density at radius 2 is 1.82 bits per heavy atom. The van der Waals surface area contributed by atoms with Gasteiger partial charge in [0.05, 0.1) is 11.9 Å². The SMILES string of the molecule is O=S(=O)(Nc1cc(F)cc(F)c1)c1ccn[nH]1. The van der Waals surface area contributed by atoms with E-state index >= 15 is 0 Å². The fourth-order valence-electron chi connectivity index (χ4n) is 1.22. The van der Waals surface area contributed by atoms with E-state index in [1.807, 2.05) is 4.72 Å². The standard InChI is InChI=1S/C9H7F2N3O2S/c10-6-3-7(11)5-8(4-6)14-17(15,16)9-1-2-12-13-9/h1-5,14H,(H,12,13). The molecule has 0 amide bonds. The minimum atomic E-state index is -3.90. The van der Waals surface area contributed by atoms with Gasteiger partial charge in [-0.15, -0.1) is 0 Å². The molecule has 8 heteroatoms. The Hall–Kier alpha value is -1.96. The molecule has 0 unspecified atom stereocenters. The highest BCUT2D eigenvalue weighted by atomic mass is 32.2. The first-order valence-corrected chi connectivity index (χ1v) is 5.94. The lowest BCUT2D eigenvalue weighted by Crippen LogP contribution is -2.13. The van der Waals surface area contributed by atoms with Gasteiger partial charge in [0, 0.05) is 6.07 Å². The van der Waals surface area contributed by atoms with Crippen LogP contribution in [0.3, 0.4) is 0 Å². The molecule has 1 heterocycles. The zero-order valence-electron chi connectivity index (χ0n) is 8.31. The van der Waals surface area contributed by atoms with Gasteiger partial charge < -0.3 is 0 Å². The van der Waals surface area contributed by atoms with Gasteiger partial charge in [0.2, 0.25) is 0 Å². The van der Waals surface area contributed by atoms with Gasteiger partial charge in [-0.1, -0.05) is 0 Å². The maximum Gasteiger partial charge on any atom is 0.278 e. The van der Waals surface area contributed by atoms with Crippen LogP contribution < -0.4 is 4.72 Å². The van der Waals surface area contributed by atoms with Crippen LogP contribution in [0.4, 0.5) is 14.5 Å². The van der Waals surface area contributed by atoms with Crippen LogP contribution >= 0.6 is 0 Å². The number of sulfonamides is 1. The molecule has 1 aromatic heterocycles. The Labute approximate surface area is 95.5 Å². The van der Waals surface area contributed by atoms with Crippen LogP contribution in [-0.2, 0) is 10.0 Å². The van der Waals surface area contributed by atoms with Crippen molar-refractivity contribution in [3.8, 4) is 0 Å². The Bertz CT molecular complexity index is 605. The quantitative estimate of drug-likeness (QED) is 0.876. The van der Waals surface area contributed by atoms with Crippen molar-refractivity contribution >= 4 is 15.7 Å². The number of benzene rings is 1. The highest BCUT2D eigenvalue weighted by Crippen LogP contribution is 2.16. The number of H-pyrrole nitrogens is 1. The Kier molecular flexibility index (Phi) is 2.80. The van der Waals surface area contributed by atoms with E-state index in [4.69, 9.17) is 0 Å². The molecule has 0 aliphatic heterocycles. The van der Waals surface area contributed by atoms with Gasteiger partial charge in [-0.2, -0.15) is 13.5 Å². The molecule has 2 rings (SSSR count).